The van der Waals surface area contributed by atoms with Crippen molar-refractivity contribution in [3.63, 3.8) is 0 Å². The minimum absolute atomic E-state index is 0.0684. The van der Waals surface area contributed by atoms with E-state index in [0.29, 0.717) is 41.7 Å². The second-order valence-corrected chi connectivity index (χ2v) is 11.8. The summed E-state index contributed by atoms with van der Waals surface area (Å²) >= 11 is 0. The molecule has 2 N–H and O–H groups in total. The van der Waals surface area contributed by atoms with Crippen LogP contribution in [0.3, 0.4) is 0 Å². The lowest BCUT2D eigenvalue weighted by Gasteiger charge is -2.63. The summed E-state index contributed by atoms with van der Waals surface area (Å²) < 4.78 is 0. The van der Waals surface area contributed by atoms with Crippen LogP contribution in [0.25, 0.3) is 0 Å². The Balaban J connectivity index is 1.35. The molecule has 2 amide bonds. The second kappa shape index (κ2) is 6.37. The number of aliphatic hydroxyl groups is 2. The Bertz CT molecular complexity index is 1100. The van der Waals surface area contributed by atoms with Gasteiger partial charge in [0.25, 0.3) is 5.91 Å². The van der Waals surface area contributed by atoms with Gasteiger partial charge in [-0.15, -0.1) is 0 Å². The van der Waals surface area contributed by atoms with Crippen LogP contribution in [0, 0.1) is 34.5 Å². The topological polar surface area (TPSA) is 105 Å². The lowest BCUT2D eigenvalue weighted by molar-refractivity contribution is -0.196. The van der Waals surface area contributed by atoms with Gasteiger partial charge in [0.2, 0.25) is 5.91 Å². The first-order valence-corrected chi connectivity index (χ1v) is 12.4. The van der Waals surface area contributed by atoms with Crippen LogP contribution in [-0.4, -0.2) is 55.6 Å². The van der Waals surface area contributed by atoms with Crippen molar-refractivity contribution in [3.05, 3.63) is 35.4 Å². The molecular formula is C26H29N3O4. The fraction of sp³-hybridized carbons (Fsp3) is 0.654. The van der Waals surface area contributed by atoms with Gasteiger partial charge in [-0.25, -0.2) is 0 Å². The van der Waals surface area contributed by atoms with Crippen molar-refractivity contribution in [2.45, 2.75) is 81.3 Å². The largest absolute Gasteiger partial charge is 0.390 e. The van der Waals surface area contributed by atoms with E-state index in [4.69, 9.17) is 0 Å². The highest BCUT2D eigenvalue weighted by molar-refractivity contribution is 6.02. The smallest absolute Gasteiger partial charge is 0.257 e. The molecule has 1 aromatic rings. The van der Waals surface area contributed by atoms with E-state index in [1.165, 1.54) is 4.90 Å². The highest BCUT2D eigenvalue weighted by Crippen LogP contribution is 2.64. The van der Waals surface area contributed by atoms with Gasteiger partial charge in [-0.05, 0) is 75.2 Å². The lowest BCUT2D eigenvalue weighted by Crippen LogP contribution is -2.67. The Labute approximate surface area is 193 Å². The van der Waals surface area contributed by atoms with Crippen molar-refractivity contribution in [3.8, 4) is 6.07 Å². The number of likely N-dealkylation sites (tertiary alicyclic amines) is 1. The monoisotopic (exact) mass is 447 g/mol. The molecule has 7 unspecified atom stereocenters. The Morgan fingerprint density at radius 2 is 1.85 bits per heavy atom. The van der Waals surface area contributed by atoms with Gasteiger partial charge in [-0.3, -0.25) is 14.5 Å². The maximum atomic E-state index is 14.4. The average Bonchev–Trinajstić information content (AvgIpc) is 3.36. The van der Waals surface area contributed by atoms with Gasteiger partial charge in [0, 0.05) is 22.6 Å². The number of hydrogen-bond acceptors (Lipinski definition) is 5. The number of rotatable bonds is 3. The zero-order valence-electron chi connectivity index (χ0n) is 18.6. The standard InChI is InChI=1S/C26H29N3O4/c27-12-17-6-16-7-20(16)28(17)24(32)21(29-22(30)18-3-1-2-4-19(18)23(29)31)25-8-14-5-15(9-25)11-26(33,10-14)13-25/h1-4,14-17,20-22,30,33H,5-11,13H2. The average molecular weight is 448 g/mol. The van der Waals surface area contributed by atoms with Crippen molar-refractivity contribution < 1.29 is 19.8 Å². The van der Waals surface area contributed by atoms with Crippen LogP contribution in [0.15, 0.2) is 24.3 Å². The van der Waals surface area contributed by atoms with Crippen molar-refractivity contribution in [1.82, 2.24) is 9.80 Å². The van der Waals surface area contributed by atoms with E-state index in [2.05, 4.69) is 6.07 Å². The molecule has 7 atom stereocenters. The predicted octanol–water partition coefficient (Wildman–Crippen LogP) is 2.35. The van der Waals surface area contributed by atoms with E-state index < -0.39 is 29.3 Å². The zero-order valence-corrected chi connectivity index (χ0v) is 18.6. The zero-order chi connectivity index (χ0) is 22.7. The summed E-state index contributed by atoms with van der Waals surface area (Å²) in [6.45, 7) is 0. The molecule has 2 aliphatic heterocycles. The van der Waals surface area contributed by atoms with Crippen LogP contribution in [0.5, 0.6) is 0 Å². The first-order chi connectivity index (χ1) is 15.8. The fourth-order valence-corrected chi connectivity index (χ4v) is 8.89. The van der Waals surface area contributed by atoms with Gasteiger partial charge in [0.05, 0.1) is 11.7 Å². The molecule has 0 spiro atoms. The Hall–Kier alpha value is -2.43. The molecule has 8 rings (SSSR count). The minimum atomic E-state index is -1.19. The van der Waals surface area contributed by atoms with Crippen LogP contribution in [-0.2, 0) is 4.79 Å². The van der Waals surface area contributed by atoms with E-state index in [1.54, 1.807) is 29.2 Å². The summed E-state index contributed by atoms with van der Waals surface area (Å²) in [5.74, 6) is 0.526. The predicted molar refractivity (Wildman–Crippen MR) is 116 cm³/mol. The molecule has 7 aliphatic rings. The van der Waals surface area contributed by atoms with E-state index in [-0.39, 0.29) is 17.9 Å². The molecule has 4 bridgehead atoms. The molecule has 33 heavy (non-hydrogen) atoms. The van der Waals surface area contributed by atoms with Gasteiger partial charge in [0.1, 0.15) is 12.1 Å². The number of piperidine rings is 1. The van der Waals surface area contributed by atoms with Crippen LogP contribution < -0.4 is 0 Å². The van der Waals surface area contributed by atoms with Gasteiger partial charge in [-0.2, -0.15) is 5.26 Å². The van der Waals surface area contributed by atoms with Gasteiger partial charge in [-0.1, -0.05) is 18.2 Å². The molecule has 1 aromatic carbocycles. The van der Waals surface area contributed by atoms with Crippen LogP contribution in [0.1, 0.15) is 73.5 Å². The van der Waals surface area contributed by atoms with E-state index >= 15 is 0 Å². The summed E-state index contributed by atoms with van der Waals surface area (Å²) in [6.07, 6.45) is 5.06. The molecule has 0 radical (unpaired) electrons. The Kier molecular flexibility index (Phi) is 3.86. The molecule has 6 fully saturated rings. The molecule has 7 nitrogen and oxygen atoms in total. The molecule has 1 saturated heterocycles. The third kappa shape index (κ3) is 2.62. The number of aliphatic hydroxyl groups excluding tert-OH is 1. The normalized spacial score (nSPS) is 45.1. The number of nitrogens with zero attached hydrogens (tertiary/aromatic N) is 3. The summed E-state index contributed by atoms with van der Waals surface area (Å²) in [5, 5.41) is 32.6. The quantitative estimate of drug-likeness (QED) is 0.740. The van der Waals surface area contributed by atoms with Gasteiger partial charge in [0.15, 0.2) is 6.23 Å². The fourth-order valence-electron chi connectivity index (χ4n) is 8.89. The first-order valence-electron chi connectivity index (χ1n) is 12.4. The molecule has 2 heterocycles. The summed E-state index contributed by atoms with van der Waals surface area (Å²) in [7, 11) is 0. The molecule has 0 aromatic heterocycles. The van der Waals surface area contributed by atoms with E-state index in [9.17, 15) is 25.1 Å². The molecule has 7 heteroatoms. The molecule has 5 saturated carbocycles. The van der Waals surface area contributed by atoms with E-state index in [0.717, 1.165) is 38.5 Å². The third-order valence-corrected chi connectivity index (χ3v) is 9.64. The second-order valence-electron chi connectivity index (χ2n) is 11.8. The van der Waals surface area contributed by atoms with E-state index in [1.807, 2.05) is 0 Å². The molecule has 5 aliphatic carbocycles. The van der Waals surface area contributed by atoms with Crippen LogP contribution in [0.2, 0.25) is 0 Å². The highest BCUT2D eigenvalue weighted by Gasteiger charge is 2.66. The maximum Gasteiger partial charge on any atom is 0.257 e. The summed E-state index contributed by atoms with van der Waals surface area (Å²) in [6, 6.07) is 8.07. The number of nitriles is 1. The SMILES string of the molecule is N#CC1CC2CC2N1C(=O)C(N1C(=O)c2ccccc2C1O)C12CC3CC(CC(O)(C3)C1)C2. The number of fused-ring (bicyclic) bond motifs is 2. The van der Waals surface area contributed by atoms with Crippen molar-refractivity contribution >= 4 is 11.8 Å². The minimum Gasteiger partial charge on any atom is -0.390 e. The Morgan fingerprint density at radius 1 is 1.12 bits per heavy atom. The molecule has 172 valence electrons. The lowest BCUT2D eigenvalue weighted by atomic mass is 9.46. The number of carbonyl (C=O) groups excluding carboxylic acids is 2. The third-order valence-electron chi connectivity index (χ3n) is 9.64. The summed E-state index contributed by atoms with van der Waals surface area (Å²) in [4.78, 5) is 31.2. The number of benzene rings is 1. The number of carbonyl (C=O) groups is 2. The number of amides is 2. The Morgan fingerprint density at radius 3 is 2.52 bits per heavy atom. The summed E-state index contributed by atoms with van der Waals surface area (Å²) in [5.41, 5.74) is -0.396. The maximum absolute atomic E-state index is 14.4. The van der Waals surface area contributed by atoms with Crippen molar-refractivity contribution in [2.24, 2.45) is 23.2 Å². The van der Waals surface area contributed by atoms with Gasteiger partial charge < -0.3 is 15.1 Å². The van der Waals surface area contributed by atoms with Crippen molar-refractivity contribution in [1.29, 1.82) is 5.26 Å². The van der Waals surface area contributed by atoms with Crippen LogP contribution >= 0.6 is 0 Å². The van der Waals surface area contributed by atoms with Crippen LogP contribution in [0.4, 0.5) is 0 Å². The first kappa shape index (κ1) is 20.0. The van der Waals surface area contributed by atoms with Crippen molar-refractivity contribution in [2.75, 3.05) is 0 Å². The van der Waals surface area contributed by atoms with Gasteiger partial charge >= 0.3 is 0 Å². The number of hydrogen-bond donors (Lipinski definition) is 2. The molecular weight excluding hydrogens is 418 g/mol. The highest BCUT2D eigenvalue weighted by atomic mass is 16.3.